The van der Waals surface area contributed by atoms with Crippen LogP contribution in [0.4, 0.5) is 5.69 Å². The summed E-state index contributed by atoms with van der Waals surface area (Å²) in [4.78, 5) is 0.139. The van der Waals surface area contributed by atoms with E-state index in [4.69, 9.17) is 9.47 Å². The monoisotopic (exact) mass is 468 g/mol. The zero-order valence-corrected chi connectivity index (χ0v) is 19.7. The molecule has 0 aromatic heterocycles. The third-order valence-corrected chi connectivity index (χ3v) is 8.98. The number of rotatable bonds is 7. The van der Waals surface area contributed by atoms with Crippen molar-refractivity contribution in [2.75, 3.05) is 18.9 Å². The molecule has 2 unspecified atom stereocenters. The van der Waals surface area contributed by atoms with Gasteiger partial charge in [0.15, 0.2) is 11.5 Å². The first-order valence-electron chi connectivity index (χ1n) is 9.98. The summed E-state index contributed by atoms with van der Waals surface area (Å²) in [5.74, 6) is 0.703. The predicted molar refractivity (Wildman–Crippen MR) is 119 cm³/mol. The Balaban J connectivity index is 1.83. The van der Waals surface area contributed by atoms with E-state index in [0.29, 0.717) is 5.75 Å². The van der Waals surface area contributed by atoms with Gasteiger partial charge in [0.05, 0.1) is 24.0 Å². The van der Waals surface area contributed by atoms with Gasteiger partial charge < -0.3 is 9.47 Å². The number of hydrogen-bond donors (Lipinski definition) is 1. The number of sulfonamides is 2. The molecular weight excluding hydrogens is 440 g/mol. The highest BCUT2D eigenvalue weighted by Gasteiger charge is 2.35. The first-order chi connectivity index (χ1) is 14.6. The molecule has 1 aliphatic rings. The van der Waals surface area contributed by atoms with E-state index in [1.165, 1.54) is 56.7 Å². The number of methoxy groups -OCH3 is 2. The Morgan fingerprint density at radius 2 is 1.39 bits per heavy atom. The van der Waals surface area contributed by atoms with Crippen molar-refractivity contribution >= 4 is 25.7 Å². The number of nitrogens with one attached hydrogen (secondary N) is 1. The number of anilines is 1. The van der Waals surface area contributed by atoms with Crippen LogP contribution in [0.1, 0.15) is 33.1 Å². The van der Waals surface area contributed by atoms with Gasteiger partial charge >= 0.3 is 0 Å². The zero-order chi connectivity index (χ0) is 22.8. The highest BCUT2D eigenvalue weighted by atomic mass is 32.2. The van der Waals surface area contributed by atoms with Crippen molar-refractivity contribution in [2.24, 2.45) is 0 Å². The molecule has 2 aromatic carbocycles. The predicted octanol–water partition coefficient (Wildman–Crippen LogP) is 3.46. The molecule has 31 heavy (non-hydrogen) atoms. The molecule has 10 heteroatoms. The Morgan fingerprint density at radius 3 is 1.94 bits per heavy atom. The molecule has 8 nitrogen and oxygen atoms in total. The van der Waals surface area contributed by atoms with Gasteiger partial charge in [0.25, 0.3) is 10.0 Å². The fourth-order valence-electron chi connectivity index (χ4n) is 3.89. The lowest BCUT2D eigenvalue weighted by molar-refractivity contribution is 0.204. The first-order valence-corrected chi connectivity index (χ1v) is 12.9. The molecule has 0 aliphatic carbocycles. The van der Waals surface area contributed by atoms with E-state index in [1.807, 2.05) is 13.8 Å². The van der Waals surface area contributed by atoms with E-state index in [-0.39, 0.29) is 33.3 Å². The summed E-state index contributed by atoms with van der Waals surface area (Å²) in [6, 6.07) is 9.87. The Labute approximate surface area is 184 Å². The van der Waals surface area contributed by atoms with Crippen LogP contribution < -0.4 is 14.2 Å². The molecule has 0 amide bonds. The molecule has 1 aliphatic heterocycles. The molecule has 1 fully saturated rings. The van der Waals surface area contributed by atoms with Gasteiger partial charge in [0.1, 0.15) is 0 Å². The van der Waals surface area contributed by atoms with Crippen LogP contribution >= 0.6 is 0 Å². The van der Waals surface area contributed by atoms with Crippen LogP contribution in [0.25, 0.3) is 0 Å². The number of piperidine rings is 1. The minimum Gasteiger partial charge on any atom is -0.493 e. The van der Waals surface area contributed by atoms with E-state index in [2.05, 4.69) is 4.72 Å². The van der Waals surface area contributed by atoms with Crippen molar-refractivity contribution in [3.63, 3.8) is 0 Å². The van der Waals surface area contributed by atoms with Crippen LogP contribution in [0.5, 0.6) is 11.5 Å². The highest BCUT2D eigenvalue weighted by molar-refractivity contribution is 7.92. The molecule has 2 aromatic rings. The van der Waals surface area contributed by atoms with Crippen molar-refractivity contribution in [1.82, 2.24) is 4.31 Å². The van der Waals surface area contributed by atoms with Crippen molar-refractivity contribution < 1.29 is 26.3 Å². The molecule has 1 heterocycles. The molecule has 0 saturated carbocycles. The van der Waals surface area contributed by atoms with Gasteiger partial charge in [-0.15, -0.1) is 0 Å². The summed E-state index contributed by atoms with van der Waals surface area (Å²) in [5, 5.41) is 0. The summed E-state index contributed by atoms with van der Waals surface area (Å²) in [6.45, 7) is 3.83. The van der Waals surface area contributed by atoms with Gasteiger partial charge in [0, 0.05) is 23.8 Å². The molecule has 0 bridgehead atoms. The smallest absolute Gasteiger partial charge is 0.262 e. The third-order valence-electron chi connectivity index (χ3n) is 5.46. The SMILES string of the molecule is COc1ccc(S(=O)(=O)Nc2ccc(S(=O)(=O)N3C(C)CCCC3C)cc2)cc1OC. The standard InChI is InChI=1S/C21H28N2O6S2/c1-15-6-5-7-16(2)23(15)31(26,27)18-10-8-17(9-11-18)22-30(24,25)19-12-13-20(28-3)21(14-19)29-4/h8-16,22H,5-7H2,1-4H3. The van der Waals surface area contributed by atoms with Gasteiger partial charge in [-0.1, -0.05) is 6.42 Å². The van der Waals surface area contributed by atoms with Crippen LogP contribution in [0.3, 0.4) is 0 Å². The molecule has 3 rings (SSSR count). The fourth-order valence-corrected chi connectivity index (χ4v) is 6.84. The quantitative estimate of drug-likeness (QED) is 0.668. The maximum absolute atomic E-state index is 13.1. The largest absolute Gasteiger partial charge is 0.493 e. The van der Waals surface area contributed by atoms with Crippen LogP contribution in [-0.2, 0) is 20.0 Å². The fraction of sp³-hybridized carbons (Fsp3) is 0.429. The van der Waals surface area contributed by atoms with Crippen LogP contribution in [0.2, 0.25) is 0 Å². The second kappa shape index (κ2) is 9.05. The third kappa shape index (κ3) is 4.81. The first kappa shape index (κ1) is 23.4. The van der Waals surface area contributed by atoms with Crippen molar-refractivity contribution in [3.05, 3.63) is 42.5 Å². The molecule has 1 saturated heterocycles. The maximum atomic E-state index is 13.1. The van der Waals surface area contributed by atoms with Gasteiger partial charge in [-0.05, 0) is 63.1 Å². The van der Waals surface area contributed by atoms with Crippen molar-refractivity contribution in [1.29, 1.82) is 0 Å². The van der Waals surface area contributed by atoms with E-state index in [9.17, 15) is 16.8 Å². The lowest BCUT2D eigenvalue weighted by atomic mass is 10.0. The lowest BCUT2D eigenvalue weighted by Gasteiger charge is -2.37. The van der Waals surface area contributed by atoms with Crippen LogP contribution in [0, 0.1) is 0 Å². The molecular formula is C21H28N2O6S2. The van der Waals surface area contributed by atoms with Crippen molar-refractivity contribution in [2.45, 2.75) is 55.0 Å². The highest BCUT2D eigenvalue weighted by Crippen LogP contribution is 2.32. The average Bonchev–Trinajstić information content (AvgIpc) is 2.73. The molecule has 0 spiro atoms. The second-order valence-corrected chi connectivity index (χ2v) is 11.1. The molecule has 1 N–H and O–H groups in total. The van der Waals surface area contributed by atoms with Gasteiger partial charge in [-0.3, -0.25) is 4.72 Å². The summed E-state index contributed by atoms with van der Waals surface area (Å²) >= 11 is 0. The number of hydrogen-bond acceptors (Lipinski definition) is 6. The lowest BCUT2D eigenvalue weighted by Crippen LogP contribution is -2.47. The van der Waals surface area contributed by atoms with Gasteiger partial charge in [-0.2, -0.15) is 4.31 Å². The topological polar surface area (TPSA) is 102 Å². The maximum Gasteiger partial charge on any atom is 0.262 e. The van der Waals surface area contributed by atoms with Crippen LogP contribution in [-0.4, -0.2) is 47.4 Å². The number of benzene rings is 2. The van der Waals surface area contributed by atoms with Gasteiger partial charge in [-0.25, -0.2) is 16.8 Å². The molecule has 170 valence electrons. The summed E-state index contributed by atoms with van der Waals surface area (Å²) in [7, 11) is -4.68. The number of nitrogens with zero attached hydrogens (tertiary/aromatic N) is 1. The Morgan fingerprint density at radius 1 is 0.839 bits per heavy atom. The minimum absolute atomic E-state index is 0.00202. The normalized spacial score (nSPS) is 20.3. The summed E-state index contributed by atoms with van der Waals surface area (Å²) in [6.07, 6.45) is 2.66. The Hall–Kier alpha value is -2.30. The van der Waals surface area contributed by atoms with E-state index < -0.39 is 20.0 Å². The van der Waals surface area contributed by atoms with Crippen molar-refractivity contribution in [3.8, 4) is 11.5 Å². The van der Waals surface area contributed by atoms with E-state index in [1.54, 1.807) is 4.31 Å². The van der Waals surface area contributed by atoms with E-state index in [0.717, 1.165) is 19.3 Å². The Bertz CT molecular complexity index is 1120. The Kier molecular flexibility index (Phi) is 6.82. The van der Waals surface area contributed by atoms with Gasteiger partial charge in [0.2, 0.25) is 10.0 Å². The minimum atomic E-state index is -3.90. The number of ether oxygens (including phenoxy) is 2. The molecule has 0 radical (unpaired) electrons. The van der Waals surface area contributed by atoms with Crippen LogP contribution in [0.15, 0.2) is 52.3 Å². The summed E-state index contributed by atoms with van der Waals surface area (Å²) < 4.78 is 66.1. The second-order valence-electron chi connectivity index (χ2n) is 7.61. The molecule has 2 atom stereocenters. The summed E-state index contributed by atoms with van der Waals surface area (Å²) in [5.41, 5.74) is 0.258. The zero-order valence-electron chi connectivity index (χ0n) is 18.0. The van der Waals surface area contributed by atoms with E-state index >= 15 is 0 Å². The average molecular weight is 469 g/mol.